The highest BCUT2D eigenvalue weighted by atomic mass is 16.2. The second-order valence-corrected chi connectivity index (χ2v) is 5.66. The van der Waals surface area contributed by atoms with Crippen molar-refractivity contribution >= 4 is 23.2 Å². The van der Waals surface area contributed by atoms with Crippen molar-refractivity contribution in [3.63, 3.8) is 0 Å². The summed E-state index contributed by atoms with van der Waals surface area (Å²) in [6, 6.07) is 7.02. The lowest BCUT2D eigenvalue weighted by atomic mass is 9.95. The second-order valence-electron chi connectivity index (χ2n) is 5.66. The first-order valence-corrected chi connectivity index (χ1v) is 6.85. The highest BCUT2D eigenvalue weighted by Crippen LogP contribution is 2.19. The molecule has 0 aliphatic rings. The molecule has 0 heterocycles. The van der Waals surface area contributed by atoms with E-state index in [1.807, 2.05) is 33.8 Å². The Balaban J connectivity index is 2.62. The third-order valence-electron chi connectivity index (χ3n) is 2.64. The summed E-state index contributed by atoms with van der Waals surface area (Å²) in [6.07, 6.45) is 6.75. The van der Waals surface area contributed by atoms with Gasteiger partial charge in [-0.15, -0.1) is 0 Å². The molecule has 1 aromatic rings. The van der Waals surface area contributed by atoms with Gasteiger partial charge in [-0.25, -0.2) is 0 Å². The van der Waals surface area contributed by atoms with Crippen LogP contribution in [0.4, 0.5) is 11.4 Å². The third kappa shape index (κ3) is 6.08. The standard InChI is InChI=1S/C17H22N2O2/c1-5-6-7-8-15(20)18-13-9-11-14(12-10-13)19-16(21)17(2,3)4/h5-12H,1-4H3,(H,18,20)(H,19,21). The molecule has 21 heavy (non-hydrogen) atoms. The highest BCUT2D eigenvalue weighted by Gasteiger charge is 2.20. The Morgan fingerprint density at radius 1 is 0.952 bits per heavy atom. The first-order chi connectivity index (χ1) is 9.82. The molecule has 112 valence electrons. The topological polar surface area (TPSA) is 58.2 Å². The molecule has 0 radical (unpaired) electrons. The minimum atomic E-state index is -0.440. The summed E-state index contributed by atoms with van der Waals surface area (Å²) in [6.45, 7) is 7.45. The van der Waals surface area contributed by atoms with Gasteiger partial charge >= 0.3 is 0 Å². The van der Waals surface area contributed by atoms with Gasteiger partial charge in [0.05, 0.1) is 0 Å². The van der Waals surface area contributed by atoms with Crippen molar-refractivity contribution in [2.75, 3.05) is 10.6 Å². The number of allylic oxidation sites excluding steroid dienone is 3. The molecule has 4 nitrogen and oxygen atoms in total. The molecular formula is C17H22N2O2. The predicted octanol–water partition coefficient (Wildman–Crippen LogP) is 3.74. The SMILES string of the molecule is CC=CC=CC(=O)Nc1ccc(NC(=O)C(C)(C)C)cc1. The van der Waals surface area contributed by atoms with Gasteiger partial charge in [-0.1, -0.05) is 39.0 Å². The first kappa shape index (κ1) is 16.7. The number of hydrogen-bond acceptors (Lipinski definition) is 2. The molecule has 0 fully saturated rings. The molecule has 2 amide bonds. The molecule has 0 aromatic heterocycles. The van der Waals surface area contributed by atoms with Gasteiger partial charge in [0.15, 0.2) is 0 Å². The fraction of sp³-hybridized carbons (Fsp3) is 0.294. The molecule has 0 aliphatic heterocycles. The zero-order valence-electron chi connectivity index (χ0n) is 12.9. The maximum Gasteiger partial charge on any atom is 0.248 e. The van der Waals surface area contributed by atoms with Crippen LogP contribution in [0.2, 0.25) is 0 Å². The fourth-order valence-electron chi connectivity index (χ4n) is 1.39. The molecule has 2 N–H and O–H groups in total. The Hall–Kier alpha value is -2.36. The Bertz CT molecular complexity index is 549. The van der Waals surface area contributed by atoms with E-state index in [0.29, 0.717) is 11.4 Å². The van der Waals surface area contributed by atoms with Crippen LogP contribution in [0.3, 0.4) is 0 Å². The van der Waals surface area contributed by atoms with E-state index in [4.69, 9.17) is 0 Å². The second kappa shape index (κ2) is 7.43. The molecule has 0 saturated heterocycles. The van der Waals surface area contributed by atoms with Gasteiger partial charge in [0.2, 0.25) is 11.8 Å². The van der Waals surface area contributed by atoms with Crippen molar-refractivity contribution in [2.24, 2.45) is 5.41 Å². The maximum atomic E-state index is 11.8. The van der Waals surface area contributed by atoms with Gasteiger partial charge in [0.25, 0.3) is 0 Å². The first-order valence-electron chi connectivity index (χ1n) is 6.85. The summed E-state index contributed by atoms with van der Waals surface area (Å²) in [5.41, 5.74) is 0.945. The van der Waals surface area contributed by atoms with Crippen molar-refractivity contribution in [1.82, 2.24) is 0 Å². The van der Waals surface area contributed by atoms with Crippen LogP contribution in [0.15, 0.2) is 48.6 Å². The van der Waals surface area contributed by atoms with E-state index in [1.165, 1.54) is 6.08 Å². The third-order valence-corrected chi connectivity index (χ3v) is 2.64. The van der Waals surface area contributed by atoms with E-state index >= 15 is 0 Å². The van der Waals surface area contributed by atoms with Crippen molar-refractivity contribution in [1.29, 1.82) is 0 Å². The molecule has 0 bridgehead atoms. The summed E-state index contributed by atoms with van der Waals surface area (Å²) in [7, 11) is 0. The molecule has 4 heteroatoms. The number of hydrogen-bond donors (Lipinski definition) is 2. The Labute approximate surface area is 125 Å². The van der Waals surface area contributed by atoms with E-state index in [2.05, 4.69) is 10.6 Å². The van der Waals surface area contributed by atoms with Crippen LogP contribution in [0, 0.1) is 5.41 Å². The average Bonchev–Trinajstić information content (AvgIpc) is 2.40. The fourth-order valence-corrected chi connectivity index (χ4v) is 1.39. The number of benzene rings is 1. The number of rotatable bonds is 4. The largest absolute Gasteiger partial charge is 0.326 e. The number of nitrogens with one attached hydrogen (secondary N) is 2. The van der Waals surface area contributed by atoms with Crippen LogP contribution >= 0.6 is 0 Å². The minimum Gasteiger partial charge on any atom is -0.326 e. The van der Waals surface area contributed by atoms with Gasteiger partial charge in [-0.2, -0.15) is 0 Å². The van der Waals surface area contributed by atoms with E-state index in [9.17, 15) is 9.59 Å². The lowest BCUT2D eigenvalue weighted by Crippen LogP contribution is -2.27. The van der Waals surface area contributed by atoms with Crippen LogP contribution in [-0.2, 0) is 9.59 Å². The van der Waals surface area contributed by atoms with E-state index in [0.717, 1.165) is 0 Å². The van der Waals surface area contributed by atoms with E-state index < -0.39 is 5.41 Å². The lowest BCUT2D eigenvalue weighted by Gasteiger charge is -2.17. The smallest absolute Gasteiger partial charge is 0.248 e. The Kier molecular flexibility index (Phi) is 5.91. The minimum absolute atomic E-state index is 0.0476. The highest BCUT2D eigenvalue weighted by molar-refractivity contribution is 6.00. The van der Waals surface area contributed by atoms with Gasteiger partial charge in [0.1, 0.15) is 0 Å². The van der Waals surface area contributed by atoms with Crippen molar-refractivity contribution in [3.05, 3.63) is 48.6 Å². The normalized spacial score (nSPS) is 11.8. The van der Waals surface area contributed by atoms with Gasteiger partial charge in [0, 0.05) is 22.9 Å². The Morgan fingerprint density at radius 2 is 1.48 bits per heavy atom. The summed E-state index contributed by atoms with van der Waals surface area (Å²) in [5.74, 6) is -0.242. The molecule has 0 unspecified atom stereocenters. The van der Waals surface area contributed by atoms with Crippen molar-refractivity contribution in [3.8, 4) is 0 Å². The van der Waals surface area contributed by atoms with Crippen molar-refractivity contribution in [2.45, 2.75) is 27.7 Å². The maximum absolute atomic E-state index is 11.8. The lowest BCUT2D eigenvalue weighted by molar-refractivity contribution is -0.123. The monoisotopic (exact) mass is 286 g/mol. The molecule has 1 aromatic carbocycles. The summed E-state index contributed by atoms with van der Waals surface area (Å²) >= 11 is 0. The molecule has 0 spiro atoms. The van der Waals surface area contributed by atoms with Crippen LogP contribution < -0.4 is 10.6 Å². The predicted molar refractivity (Wildman–Crippen MR) is 87.1 cm³/mol. The number of carbonyl (C=O) groups excluding carboxylic acids is 2. The van der Waals surface area contributed by atoms with Crippen LogP contribution in [-0.4, -0.2) is 11.8 Å². The number of amides is 2. The zero-order valence-corrected chi connectivity index (χ0v) is 12.9. The van der Waals surface area contributed by atoms with Gasteiger partial charge in [-0.3, -0.25) is 9.59 Å². The zero-order chi connectivity index (χ0) is 15.9. The molecule has 0 atom stereocenters. The number of anilines is 2. The molecule has 0 saturated carbocycles. The summed E-state index contributed by atoms with van der Waals surface area (Å²) < 4.78 is 0. The summed E-state index contributed by atoms with van der Waals surface area (Å²) in [4.78, 5) is 23.4. The molecule has 1 rings (SSSR count). The quantitative estimate of drug-likeness (QED) is 0.654. The molecular weight excluding hydrogens is 264 g/mol. The van der Waals surface area contributed by atoms with Gasteiger partial charge in [-0.05, 0) is 31.2 Å². The van der Waals surface area contributed by atoms with E-state index in [-0.39, 0.29) is 11.8 Å². The molecule has 0 aliphatic carbocycles. The van der Waals surface area contributed by atoms with E-state index in [1.54, 1.807) is 36.4 Å². The average molecular weight is 286 g/mol. The van der Waals surface area contributed by atoms with Crippen LogP contribution in [0.1, 0.15) is 27.7 Å². The van der Waals surface area contributed by atoms with Crippen LogP contribution in [0.25, 0.3) is 0 Å². The van der Waals surface area contributed by atoms with Crippen molar-refractivity contribution < 1.29 is 9.59 Å². The van der Waals surface area contributed by atoms with Crippen LogP contribution in [0.5, 0.6) is 0 Å². The van der Waals surface area contributed by atoms with Gasteiger partial charge < -0.3 is 10.6 Å². The number of carbonyl (C=O) groups is 2. The Morgan fingerprint density at radius 3 is 1.95 bits per heavy atom. The summed E-state index contributed by atoms with van der Waals surface area (Å²) in [5, 5.41) is 5.57.